The standard InChI is InChI=1S/C13H9BrClN3O3/c14-8-4-9(18(19)20)6-10(5-8)21-12-2-1-7(13(16)17)3-11(12)15/h1-6H,(H3,16,17). The van der Waals surface area contributed by atoms with Gasteiger partial charge in [0.1, 0.15) is 17.3 Å². The van der Waals surface area contributed by atoms with E-state index in [0.29, 0.717) is 15.8 Å². The Bertz CT molecular complexity index is 737. The maximum Gasteiger partial charge on any atom is 0.274 e. The average molecular weight is 371 g/mol. The number of benzene rings is 2. The number of hydrogen-bond acceptors (Lipinski definition) is 4. The van der Waals surface area contributed by atoms with E-state index in [2.05, 4.69) is 15.9 Å². The molecule has 0 amide bonds. The number of ether oxygens (including phenoxy) is 1. The van der Waals surface area contributed by atoms with Gasteiger partial charge in [0.2, 0.25) is 0 Å². The zero-order chi connectivity index (χ0) is 15.6. The summed E-state index contributed by atoms with van der Waals surface area (Å²) in [5.41, 5.74) is 5.73. The van der Waals surface area contributed by atoms with Crippen LogP contribution in [-0.2, 0) is 0 Å². The van der Waals surface area contributed by atoms with Gasteiger partial charge in [-0.25, -0.2) is 0 Å². The highest BCUT2D eigenvalue weighted by Gasteiger charge is 2.12. The fraction of sp³-hybridized carbons (Fsp3) is 0. The molecule has 0 fully saturated rings. The Balaban J connectivity index is 2.34. The van der Waals surface area contributed by atoms with E-state index in [1.54, 1.807) is 18.2 Å². The van der Waals surface area contributed by atoms with Crippen LogP contribution >= 0.6 is 27.5 Å². The highest BCUT2D eigenvalue weighted by atomic mass is 79.9. The molecule has 0 saturated heterocycles. The van der Waals surface area contributed by atoms with E-state index < -0.39 is 4.92 Å². The number of non-ortho nitro benzene ring substituents is 1. The summed E-state index contributed by atoms with van der Waals surface area (Å²) in [5.74, 6) is 0.476. The third kappa shape index (κ3) is 3.71. The van der Waals surface area contributed by atoms with E-state index in [0.717, 1.165) is 0 Å². The Morgan fingerprint density at radius 1 is 1.33 bits per heavy atom. The first-order valence-corrected chi connectivity index (χ1v) is 6.80. The highest BCUT2D eigenvalue weighted by Crippen LogP contribution is 2.33. The van der Waals surface area contributed by atoms with Crippen molar-refractivity contribution in [2.24, 2.45) is 5.73 Å². The third-order valence-electron chi connectivity index (χ3n) is 2.54. The predicted octanol–water partition coefficient (Wildman–Crippen LogP) is 4.09. The first-order valence-electron chi connectivity index (χ1n) is 5.63. The molecule has 0 saturated carbocycles. The third-order valence-corrected chi connectivity index (χ3v) is 3.29. The molecule has 0 radical (unpaired) electrons. The van der Waals surface area contributed by atoms with Crippen molar-refractivity contribution in [3.05, 3.63) is 61.6 Å². The van der Waals surface area contributed by atoms with Gasteiger partial charge in [0.25, 0.3) is 5.69 Å². The maximum atomic E-state index is 10.8. The number of nitrogens with zero attached hydrogens (tertiary/aromatic N) is 1. The van der Waals surface area contributed by atoms with E-state index >= 15 is 0 Å². The van der Waals surface area contributed by atoms with Crippen molar-refractivity contribution in [3.63, 3.8) is 0 Å². The van der Waals surface area contributed by atoms with Gasteiger partial charge in [-0.05, 0) is 24.3 Å². The summed E-state index contributed by atoms with van der Waals surface area (Å²) in [6.07, 6.45) is 0. The van der Waals surface area contributed by atoms with Crippen molar-refractivity contribution in [2.45, 2.75) is 0 Å². The van der Waals surface area contributed by atoms with Gasteiger partial charge in [0.15, 0.2) is 0 Å². The Morgan fingerprint density at radius 3 is 2.62 bits per heavy atom. The molecule has 6 nitrogen and oxygen atoms in total. The number of nitrogens with two attached hydrogens (primary N) is 1. The van der Waals surface area contributed by atoms with Crippen LogP contribution in [0.15, 0.2) is 40.9 Å². The minimum absolute atomic E-state index is 0.101. The monoisotopic (exact) mass is 369 g/mol. The SMILES string of the molecule is N=C(N)c1ccc(Oc2cc(Br)cc([N+](=O)[O-])c2)c(Cl)c1. The van der Waals surface area contributed by atoms with Gasteiger partial charge in [-0.2, -0.15) is 0 Å². The zero-order valence-electron chi connectivity index (χ0n) is 10.5. The molecule has 2 aromatic carbocycles. The minimum atomic E-state index is -0.516. The average Bonchev–Trinajstić information content (AvgIpc) is 2.40. The Labute approximate surface area is 133 Å². The van der Waals surface area contributed by atoms with Crippen molar-refractivity contribution in [1.29, 1.82) is 5.41 Å². The summed E-state index contributed by atoms with van der Waals surface area (Å²) >= 11 is 9.22. The molecule has 2 aromatic rings. The number of amidine groups is 1. The number of halogens is 2. The first kappa shape index (κ1) is 15.3. The van der Waals surface area contributed by atoms with Crippen LogP contribution < -0.4 is 10.5 Å². The molecule has 0 spiro atoms. The van der Waals surface area contributed by atoms with E-state index in [1.807, 2.05) is 0 Å². The molecule has 8 heteroatoms. The number of nitrogen functional groups attached to an aromatic ring is 1. The second kappa shape index (κ2) is 6.11. The van der Waals surface area contributed by atoms with Gasteiger partial charge in [-0.15, -0.1) is 0 Å². The summed E-state index contributed by atoms with van der Waals surface area (Å²) in [4.78, 5) is 10.3. The number of nitro benzene ring substituents is 1. The van der Waals surface area contributed by atoms with Gasteiger partial charge in [0, 0.05) is 16.1 Å². The van der Waals surface area contributed by atoms with Gasteiger partial charge in [-0.3, -0.25) is 15.5 Å². The second-order valence-electron chi connectivity index (χ2n) is 4.06. The Morgan fingerprint density at radius 2 is 2.05 bits per heavy atom. The predicted molar refractivity (Wildman–Crippen MR) is 83.3 cm³/mol. The second-order valence-corrected chi connectivity index (χ2v) is 5.39. The van der Waals surface area contributed by atoms with Crippen LogP contribution in [0.3, 0.4) is 0 Å². The maximum absolute atomic E-state index is 10.8. The van der Waals surface area contributed by atoms with Crippen molar-refractivity contribution < 1.29 is 9.66 Å². The van der Waals surface area contributed by atoms with Gasteiger partial charge in [0.05, 0.1) is 16.0 Å². The van der Waals surface area contributed by atoms with Crippen LogP contribution in [0.1, 0.15) is 5.56 Å². The number of rotatable bonds is 4. The lowest BCUT2D eigenvalue weighted by Crippen LogP contribution is -2.10. The van der Waals surface area contributed by atoms with Gasteiger partial charge in [-0.1, -0.05) is 27.5 Å². The van der Waals surface area contributed by atoms with Crippen LogP contribution in [0.2, 0.25) is 5.02 Å². The van der Waals surface area contributed by atoms with Crippen LogP contribution in [0.25, 0.3) is 0 Å². The van der Waals surface area contributed by atoms with Crippen molar-refractivity contribution in [2.75, 3.05) is 0 Å². The summed E-state index contributed by atoms with van der Waals surface area (Å²) in [5, 5.41) is 18.4. The molecule has 21 heavy (non-hydrogen) atoms. The zero-order valence-corrected chi connectivity index (χ0v) is 12.8. The number of hydrogen-bond donors (Lipinski definition) is 2. The molecule has 0 unspecified atom stereocenters. The fourth-order valence-corrected chi connectivity index (χ4v) is 2.27. The first-order chi connectivity index (χ1) is 9.86. The molecule has 0 aliphatic heterocycles. The smallest absolute Gasteiger partial charge is 0.274 e. The molecule has 0 atom stereocenters. The van der Waals surface area contributed by atoms with Crippen LogP contribution in [0.5, 0.6) is 11.5 Å². The van der Waals surface area contributed by atoms with Gasteiger partial charge < -0.3 is 10.5 Å². The van der Waals surface area contributed by atoms with E-state index in [1.165, 1.54) is 18.2 Å². The quantitative estimate of drug-likeness (QED) is 0.366. The molecule has 0 bridgehead atoms. The van der Waals surface area contributed by atoms with Crippen LogP contribution in [0, 0.1) is 15.5 Å². The molecule has 0 aliphatic rings. The van der Waals surface area contributed by atoms with Crippen molar-refractivity contribution in [3.8, 4) is 11.5 Å². The summed E-state index contributed by atoms with van der Waals surface area (Å²) in [7, 11) is 0. The summed E-state index contributed by atoms with van der Waals surface area (Å²) in [6.45, 7) is 0. The van der Waals surface area contributed by atoms with E-state index in [4.69, 9.17) is 27.5 Å². The van der Waals surface area contributed by atoms with Crippen molar-refractivity contribution >= 4 is 39.1 Å². The van der Waals surface area contributed by atoms with Crippen LogP contribution in [0.4, 0.5) is 5.69 Å². The van der Waals surface area contributed by atoms with E-state index in [-0.39, 0.29) is 22.3 Å². The normalized spacial score (nSPS) is 10.2. The topological polar surface area (TPSA) is 102 Å². The molecular formula is C13H9BrClN3O3. The number of nitrogens with one attached hydrogen (secondary N) is 1. The van der Waals surface area contributed by atoms with Crippen LogP contribution in [-0.4, -0.2) is 10.8 Å². The lowest BCUT2D eigenvalue weighted by molar-refractivity contribution is -0.385. The van der Waals surface area contributed by atoms with Crippen molar-refractivity contribution in [1.82, 2.24) is 0 Å². The molecule has 0 aliphatic carbocycles. The highest BCUT2D eigenvalue weighted by molar-refractivity contribution is 9.10. The molecule has 0 aromatic heterocycles. The largest absolute Gasteiger partial charge is 0.456 e. The molecule has 108 valence electrons. The van der Waals surface area contributed by atoms with Gasteiger partial charge >= 0.3 is 0 Å². The minimum Gasteiger partial charge on any atom is -0.456 e. The Kier molecular flexibility index (Phi) is 4.44. The molecule has 0 heterocycles. The Hall–Kier alpha value is -2.12. The summed E-state index contributed by atoms with van der Waals surface area (Å²) < 4.78 is 6.05. The number of nitro groups is 1. The summed E-state index contributed by atoms with van der Waals surface area (Å²) in [6, 6.07) is 8.86. The fourth-order valence-electron chi connectivity index (χ4n) is 1.59. The lowest BCUT2D eigenvalue weighted by Gasteiger charge is -2.09. The van der Waals surface area contributed by atoms with E-state index in [9.17, 15) is 10.1 Å². The molecular weight excluding hydrogens is 362 g/mol. The molecule has 2 rings (SSSR count). The lowest BCUT2D eigenvalue weighted by atomic mass is 10.2. The molecule has 3 N–H and O–H groups in total.